The van der Waals surface area contributed by atoms with Crippen LogP contribution in [0.4, 0.5) is 0 Å². The predicted molar refractivity (Wildman–Crippen MR) is 58.9 cm³/mol. The number of thiophene rings is 1. The van der Waals surface area contributed by atoms with Crippen LogP contribution in [0.25, 0.3) is 0 Å². The standard InChI is InChI=1S/C10H11N3OS/c14-10(9-3-1-8-15-9)11-5-7-13-6-2-4-12-13/h1-4,6,8H,5,7H2,(H,11,14). The Balaban J connectivity index is 1.77. The first-order valence-corrected chi connectivity index (χ1v) is 5.53. The second kappa shape index (κ2) is 4.75. The Morgan fingerprint density at radius 1 is 1.53 bits per heavy atom. The van der Waals surface area contributed by atoms with Gasteiger partial charge in [-0.3, -0.25) is 9.48 Å². The van der Waals surface area contributed by atoms with Crippen LogP contribution in [0.3, 0.4) is 0 Å². The van der Waals surface area contributed by atoms with Gasteiger partial charge in [-0.05, 0) is 17.5 Å². The Bertz CT molecular complexity index is 408. The zero-order valence-corrected chi connectivity index (χ0v) is 8.91. The molecule has 0 saturated carbocycles. The van der Waals surface area contributed by atoms with Crippen LogP contribution in [-0.2, 0) is 6.54 Å². The molecule has 0 fully saturated rings. The number of amides is 1. The number of hydrogen-bond acceptors (Lipinski definition) is 3. The number of nitrogens with one attached hydrogen (secondary N) is 1. The van der Waals surface area contributed by atoms with E-state index in [2.05, 4.69) is 10.4 Å². The molecule has 0 aliphatic rings. The summed E-state index contributed by atoms with van der Waals surface area (Å²) in [6, 6.07) is 5.54. The van der Waals surface area contributed by atoms with E-state index >= 15 is 0 Å². The quantitative estimate of drug-likeness (QED) is 0.847. The first-order chi connectivity index (χ1) is 7.36. The second-order valence-corrected chi connectivity index (χ2v) is 3.95. The summed E-state index contributed by atoms with van der Waals surface area (Å²) in [5.74, 6) is -0.0165. The minimum atomic E-state index is -0.0165. The molecular weight excluding hydrogens is 210 g/mol. The summed E-state index contributed by atoms with van der Waals surface area (Å²) in [6.45, 7) is 1.29. The minimum Gasteiger partial charge on any atom is -0.349 e. The molecule has 0 spiro atoms. The van der Waals surface area contributed by atoms with Gasteiger partial charge in [0.2, 0.25) is 0 Å². The molecule has 2 aromatic heterocycles. The fourth-order valence-corrected chi connectivity index (χ4v) is 1.85. The molecule has 0 saturated heterocycles. The van der Waals surface area contributed by atoms with Crippen LogP contribution in [0.5, 0.6) is 0 Å². The molecule has 15 heavy (non-hydrogen) atoms. The van der Waals surface area contributed by atoms with Gasteiger partial charge in [-0.15, -0.1) is 11.3 Å². The van der Waals surface area contributed by atoms with Crippen molar-refractivity contribution < 1.29 is 4.79 Å². The molecule has 0 atom stereocenters. The first kappa shape index (κ1) is 9.92. The SMILES string of the molecule is O=C(NCCn1cccn1)c1cccs1. The van der Waals surface area contributed by atoms with E-state index in [1.54, 1.807) is 10.9 Å². The Kier molecular flexibility index (Phi) is 3.14. The summed E-state index contributed by atoms with van der Waals surface area (Å²) in [4.78, 5) is 12.2. The van der Waals surface area contributed by atoms with Gasteiger partial charge in [-0.2, -0.15) is 5.10 Å². The molecule has 78 valence electrons. The van der Waals surface area contributed by atoms with Crippen molar-refractivity contribution in [1.29, 1.82) is 0 Å². The van der Waals surface area contributed by atoms with Gasteiger partial charge in [0.25, 0.3) is 5.91 Å². The maximum absolute atomic E-state index is 11.5. The number of carbonyl (C=O) groups is 1. The van der Waals surface area contributed by atoms with Gasteiger partial charge in [0, 0.05) is 18.9 Å². The number of carbonyl (C=O) groups excluding carboxylic acids is 1. The average molecular weight is 221 g/mol. The second-order valence-electron chi connectivity index (χ2n) is 3.00. The lowest BCUT2D eigenvalue weighted by Crippen LogP contribution is -2.26. The van der Waals surface area contributed by atoms with E-state index in [4.69, 9.17) is 0 Å². The van der Waals surface area contributed by atoms with Gasteiger partial charge in [0.15, 0.2) is 0 Å². The van der Waals surface area contributed by atoms with Crippen molar-refractivity contribution in [3.8, 4) is 0 Å². The van der Waals surface area contributed by atoms with E-state index in [-0.39, 0.29) is 5.91 Å². The third-order valence-electron chi connectivity index (χ3n) is 1.93. The Labute approximate surface area is 91.5 Å². The van der Waals surface area contributed by atoms with Gasteiger partial charge >= 0.3 is 0 Å². The fraction of sp³-hybridized carbons (Fsp3) is 0.200. The van der Waals surface area contributed by atoms with Crippen molar-refractivity contribution >= 4 is 17.2 Å². The molecule has 0 bridgehead atoms. The van der Waals surface area contributed by atoms with E-state index in [0.29, 0.717) is 13.1 Å². The molecule has 2 aromatic rings. The Morgan fingerprint density at radius 3 is 3.13 bits per heavy atom. The van der Waals surface area contributed by atoms with Gasteiger partial charge in [-0.1, -0.05) is 6.07 Å². The molecule has 5 heteroatoms. The van der Waals surface area contributed by atoms with Gasteiger partial charge in [0.1, 0.15) is 0 Å². The van der Waals surface area contributed by atoms with Gasteiger partial charge < -0.3 is 5.32 Å². The van der Waals surface area contributed by atoms with Gasteiger partial charge in [0.05, 0.1) is 11.4 Å². The zero-order chi connectivity index (χ0) is 10.5. The molecule has 0 aromatic carbocycles. The molecule has 0 unspecified atom stereocenters. The zero-order valence-electron chi connectivity index (χ0n) is 8.09. The summed E-state index contributed by atoms with van der Waals surface area (Å²) in [7, 11) is 0. The molecule has 0 aliphatic heterocycles. The summed E-state index contributed by atoms with van der Waals surface area (Å²) >= 11 is 1.44. The van der Waals surface area contributed by atoms with Crippen molar-refractivity contribution in [2.45, 2.75) is 6.54 Å². The van der Waals surface area contributed by atoms with E-state index in [1.807, 2.05) is 29.8 Å². The fourth-order valence-electron chi connectivity index (χ4n) is 1.21. The molecule has 2 heterocycles. The van der Waals surface area contributed by atoms with Crippen LogP contribution in [-0.4, -0.2) is 22.2 Å². The Morgan fingerprint density at radius 2 is 2.47 bits per heavy atom. The summed E-state index contributed by atoms with van der Waals surface area (Å²) < 4.78 is 1.79. The summed E-state index contributed by atoms with van der Waals surface area (Å²) in [5.41, 5.74) is 0. The third kappa shape index (κ3) is 2.66. The van der Waals surface area contributed by atoms with Crippen LogP contribution < -0.4 is 5.32 Å². The largest absolute Gasteiger partial charge is 0.349 e. The van der Waals surface area contributed by atoms with Crippen LogP contribution >= 0.6 is 11.3 Å². The molecule has 0 radical (unpaired) electrons. The lowest BCUT2D eigenvalue weighted by atomic mass is 10.4. The average Bonchev–Trinajstić information content (AvgIpc) is 2.90. The highest BCUT2D eigenvalue weighted by atomic mass is 32.1. The van der Waals surface area contributed by atoms with Crippen molar-refractivity contribution in [3.63, 3.8) is 0 Å². The van der Waals surface area contributed by atoms with Crippen molar-refractivity contribution in [2.75, 3.05) is 6.54 Å². The van der Waals surface area contributed by atoms with Gasteiger partial charge in [-0.25, -0.2) is 0 Å². The monoisotopic (exact) mass is 221 g/mol. The Hall–Kier alpha value is -1.62. The molecule has 1 amide bonds. The van der Waals surface area contributed by atoms with Crippen LogP contribution in [0, 0.1) is 0 Å². The highest BCUT2D eigenvalue weighted by molar-refractivity contribution is 7.12. The molecular formula is C10H11N3OS. The van der Waals surface area contributed by atoms with E-state index in [0.717, 1.165) is 4.88 Å². The number of rotatable bonds is 4. The van der Waals surface area contributed by atoms with E-state index in [1.165, 1.54) is 11.3 Å². The molecule has 4 nitrogen and oxygen atoms in total. The maximum atomic E-state index is 11.5. The van der Waals surface area contributed by atoms with E-state index in [9.17, 15) is 4.79 Å². The highest BCUT2D eigenvalue weighted by Crippen LogP contribution is 2.07. The van der Waals surface area contributed by atoms with Crippen LogP contribution in [0.15, 0.2) is 36.0 Å². The number of aromatic nitrogens is 2. The van der Waals surface area contributed by atoms with Crippen molar-refractivity contribution in [3.05, 3.63) is 40.8 Å². The normalized spacial score (nSPS) is 10.1. The maximum Gasteiger partial charge on any atom is 0.261 e. The lowest BCUT2D eigenvalue weighted by molar-refractivity contribution is 0.0956. The van der Waals surface area contributed by atoms with Crippen molar-refractivity contribution in [2.24, 2.45) is 0 Å². The molecule has 2 rings (SSSR count). The molecule has 1 N–H and O–H groups in total. The van der Waals surface area contributed by atoms with Crippen LogP contribution in [0.1, 0.15) is 9.67 Å². The van der Waals surface area contributed by atoms with Crippen LogP contribution in [0.2, 0.25) is 0 Å². The number of hydrogen-bond donors (Lipinski definition) is 1. The number of nitrogens with zero attached hydrogens (tertiary/aromatic N) is 2. The molecule has 0 aliphatic carbocycles. The first-order valence-electron chi connectivity index (χ1n) is 4.65. The summed E-state index contributed by atoms with van der Waals surface area (Å²) in [5, 5.41) is 8.77. The highest BCUT2D eigenvalue weighted by Gasteiger charge is 2.04. The van der Waals surface area contributed by atoms with E-state index < -0.39 is 0 Å². The third-order valence-corrected chi connectivity index (χ3v) is 2.80. The minimum absolute atomic E-state index is 0.0165. The lowest BCUT2D eigenvalue weighted by Gasteiger charge is -2.03. The summed E-state index contributed by atoms with van der Waals surface area (Å²) in [6.07, 6.45) is 3.60. The smallest absolute Gasteiger partial charge is 0.261 e. The van der Waals surface area contributed by atoms with Crippen molar-refractivity contribution in [1.82, 2.24) is 15.1 Å². The predicted octanol–water partition coefficient (Wildman–Crippen LogP) is 1.37. The topological polar surface area (TPSA) is 46.9 Å².